The van der Waals surface area contributed by atoms with E-state index in [-0.39, 0.29) is 5.41 Å². The lowest BCUT2D eigenvalue weighted by Gasteiger charge is -2.50. The Hall–Kier alpha value is -1.44. The zero-order valence-corrected chi connectivity index (χ0v) is 14.9. The topological polar surface area (TPSA) is 71.0 Å². The molecule has 0 unspecified atom stereocenters. The van der Waals surface area contributed by atoms with Crippen molar-refractivity contribution in [2.45, 2.75) is 25.9 Å². The van der Waals surface area contributed by atoms with Crippen molar-refractivity contribution < 1.29 is 14.6 Å². The molecule has 2 saturated heterocycles. The normalized spacial score (nSPS) is 27.3. The van der Waals surface area contributed by atoms with Gasteiger partial charge in [-0.05, 0) is 6.42 Å². The lowest BCUT2D eigenvalue weighted by atomic mass is 9.70. The van der Waals surface area contributed by atoms with Crippen LogP contribution < -0.4 is 9.80 Å². The summed E-state index contributed by atoms with van der Waals surface area (Å²) in [4.78, 5) is 13.3. The summed E-state index contributed by atoms with van der Waals surface area (Å²) in [5.41, 5.74) is -1.09. The van der Waals surface area contributed by atoms with Crippen molar-refractivity contribution in [2.24, 2.45) is 5.41 Å². The van der Waals surface area contributed by atoms with Crippen LogP contribution in [0.3, 0.4) is 0 Å². The van der Waals surface area contributed by atoms with Crippen molar-refractivity contribution in [2.75, 3.05) is 62.9 Å². The largest absolute Gasteiger partial charge is 0.387 e. The minimum absolute atomic E-state index is 0.286. The Bertz CT molecular complexity index is 563. The molecule has 7 nitrogen and oxygen atoms in total. The Labute approximate surface area is 143 Å². The van der Waals surface area contributed by atoms with E-state index in [9.17, 15) is 5.11 Å². The van der Waals surface area contributed by atoms with Gasteiger partial charge in [0.05, 0.1) is 25.4 Å². The van der Waals surface area contributed by atoms with Gasteiger partial charge in [0.15, 0.2) is 0 Å². The number of rotatable bonds is 4. The molecule has 7 heteroatoms. The Kier molecular flexibility index (Phi) is 4.94. The highest BCUT2D eigenvalue weighted by Gasteiger charge is 2.48. The second-order valence-corrected chi connectivity index (χ2v) is 7.35. The van der Waals surface area contributed by atoms with Crippen molar-refractivity contribution >= 4 is 11.6 Å². The first kappa shape index (κ1) is 17.4. The minimum Gasteiger partial charge on any atom is -0.387 e. The van der Waals surface area contributed by atoms with E-state index in [1.165, 1.54) is 0 Å². The van der Waals surface area contributed by atoms with Crippen LogP contribution in [-0.4, -0.2) is 73.8 Å². The molecule has 3 heterocycles. The fraction of sp³-hybridized carbons (Fsp3) is 0.765. The average Bonchev–Trinajstić information content (AvgIpc) is 2.59. The van der Waals surface area contributed by atoms with Gasteiger partial charge in [-0.3, -0.25) is 0 Å². The number of nitrogens with zero attached hydrogens (tertiary/aromatic N) is 4. The molecular formula is C17H28N4O3. The van der Waals surface area contributed by atoms with E-state index in [2.05, 4.69) is 33.6 Å². The Morgan fingerprint density at radius 2 is 1.83 bits per heavy atom. The zero-order chi connectivity index (χ0) is 17.2. The first-order valence-corrected chi connectivity index (χ1v) is 8.56. The maximum absolute atomic E-state index is 10.9. The summed E-state index contributed by atoms with van der Waals surface area (Å²) in [7, 11) is 1.64. The van der Waals surface area contributed by atoms with Crippen molar-refractivity contribution in [3.63, 3.8) is 0 Å². The molecule has 3 rings (SSSR count). The number of anilines is 2. The van der Waals surface area contributed by atoms with Crippen LogP contribution in [0, 0.1) is 5.41 Å². The lowest BCUT2D eigenvalue weighted by Crippen LogP contribution is -2.59. The number of hydrogen-bond donors (Lipinski definition) is 1. The maximum Gasteiger partial charge on any atom is 0.134 e. The van der Waals surface area contributed by atoms with Crippen LogP contribution in [-0.2, 0) is 9.47 Å². The molecule has 134 valence electrons. The molecule has 0 spiro atoms. The van der Waals surface area contributed by atoms with Gasteiger partial charge in [-0.15, -0.1) is 0 Å². The molecule has 0 aromatic carbocycles. The third-order valence-corrected chi connectivity index (χ3v) is 5.32. The van der Waals surface area contributed by atoms with Crippen molar-refractivity contribution in [1.82, 2.24) is 9.97 Å². The van der Waals surface area contributed by atoms with Gasteiger partial charge in [0.2, 0.25) is 0 Å². The zero-order valence-electron chi connectivity index (χ0n) is 14.9. The molecule has 2 aliphatic heterocycles. The maximum atomic E-state index is 10.9. The van der Waals surface area contributed by atoms with E-state index >= 15 is 0 Å². The van der Waals surface area contributed by atoms with Crippen LogP contribution in [0.4, 0.5) is 11.6 Å². The molecule has 0 bridgehead atoms. The van der Waals surface area contributed by atoms with E-state index < -0.39 is 5.60 Å². The lowest BCUT2D eigenvalue weighted by molar-refractivity contribution is -0.122. The molecule has 24 heavy (non-hydrogen) atoms. The first-order chi connectivity index (χ1) is 11.5. The predicted octanol–water partition coefficient (Wildman–Crippen LogP) is 0.927. The molecule has 0 saturated carbocycles. The van der Waals surface area contributed by atoms with Gasteiger partial charge in [0, 0.05) is 44.8 Å². The number of methoxy groups -OCH3 is 1. The third-order valence-electron chi connectivity index (χ3n) is 5.32. The van der Waals surface area contributed by atoms with E-state index in [1.54, 1.807) is 13.4 Å². The van der Waals surface area contributed by atoms with Crippen molar-refractivity contribution in [3.8, 4) is 0 Å². The summed E-state index contributed by atoms with van der Waals surface area (Å²) >= 11 is 0. The first-order valence-electron chi connectivity index (χ1n) is 8.56. The van der Waals surface area contributed by atoms with Gasteiger partial charge < -0.3 is 24.4 Å². The van der Waals surface area contributed by atoms with Crippen LogP contribution in [0.25, 0.3) is 0 Å². The van der Waals surface area contributed by atoms with Gasteiger partial charge in [0.1, 0.15) is 18.0 Å². The average molecular weight is 336 g/mol. The van der Waals surface area contributed by atoms with Crippen molar-refractivity contribution in [1.29, 1.82) is 0 Å². The smallest absolute Gasteiger partial charge is 0.134 e. The van der Waals surface area contributed by atoms with Gasteiger partial charge in [0.25, 0.3) is 0 Å². The summed E-state index contributed by atoms with van der Waals surface area (Å²) in [5, 5.41) is 10.9. The van der Waals surface area contributed by atoms with Crippen molar-refractivity contribution in [3.05, 3.63) is 12.4 Å². The van der Waals surface area contributed by atoms with E-state index in [0.29, 0.717) is 13.0 Å². The van der Waals surface area contributed by atoms with Crippen LogP contribution in [0.5, 0.6) is 0 Å². The molecule has 0 aliphatic carbocycles. The van der Waals surface area contributed by atoms with Crippen LogP contribution >= 0.6 is 0 Å². The van der Waals surface area contributed by atoms with Crippen LogP contribution in [0.2, 0.25) is 0 Å². The minimum atomic E-state index is -0.807. The molecular weight excluding hydrogens is 308 g/mol. The summed E-state index contributed by atoms with van der Waals surface area (Å²) in [5.74, 6) is 1.86. The number of morpholine rings is 1. The molecule has 1 atom stereocenters. The van der Waals surface area contributed by atoms with Gasteiger partial charge in [-0.1, -0.05) is 13.8 Å². The van der Waals surface area contributed by atoms with Gasteiger partial charge in [-0.25, -0.2) is 9.97 Å². The fourth-order valence-corrected chi connectivity index (χ4v) is 3.54. The Morgan fingerprint density at radius 3 is 2.46 bits per heavy atom. The molecule has 1 N–H and O–H groups in total. The number of aromatic nitrogens is 2. The summed E-state index contributed by atoms with van der Waals surface area (Å²) < 4.78 is 10.7. The highest BCUT2D eigenvalue weighted by atomic mass is 16.5. The second kappa shape index (κ2) is 6.82. The molecule has 2 fully saturated rings. The highest BCUT2D eigenvalue weighted by molar-refractivity contribution is 5.51. The number of ether oxygens (including phenoxy) is 2. The van der Waals surface area contributed by atoms with E-state index in [0.717, 1.165) is 51.0 Å². The van der Waals surface area contributed by atoms with E-state index in [4.69, 9.17) is 9.47 Å². The highest BCUT2D eigenvalue weighted by Crippen LogP contribution is 2.40. The SMILES string of the molecule is COC[C@]1(O)CCN(c2cc(N3CCOCC3)ncn2)CC1(C)C. The third kappa shape index (κ3) is 3.34. The molecule has 0 radical (unpaired) electrons. The Morgan fingerprint density at radius 1 is 1.17 bits per heavy atom. The molecule has 1 aromatic rings. The molecule has 2 aliphatic rings. The number of aliphatic hydroxyl groups is 1. The standard InChI is InChI=1S/C17H28N4O3/c1-16(2)11-21(5-4-17(16,22)12-23-3)15-10-14(18-13-19-15)20-6-8-24-9-7-20/h10,13,22H,4-9,11-12H2,1-3H3/t17-/m1/s1. The number of hydrogen-bond acceptors (Lipinski definition) is 7. The number of piperidine rings is 1. The fourth-order valence-electron chi connectivity index (χ4n) is 3.54. The molecule has 1 aromatic heterocycles. The van der Waals surface area contributed by atoms with E-state index in [1.807, 2.05) is 6.07 Å². The van der Waals surface area contributed by atoms with Gasteiger partial charge in [-0.2, -0.15) is 0 Å². The Balaban J connectivity index is 1.76. The predicted molar refractivity (Wildman–Crippen MR) is 92.5 cm³/mol. The monoisotopic (exact) mass is 336 g/mol. The summed E-state index contributed by atoms with van der Waals surface area (Å²) in [6, 6.07) is 2.04. The van der Waals surface area contributed by atoms with Gasteiger partial charge >= 0.3 is 0 Å². The van der Waals surface area contributed by atoms with Crippen LogP contribution in [0.1, 0.15) is 20.3 Å². The summed E-state index contributed by atoms with van der Waals surface area (Å²) in [6.07, 6.45) is 2.29. The molecule has 0 amide bonds. The second-order valence-electron chi connectivity index (χ2n) is 7.35. The van der Waals surface area contributed by atoms with Crippen LogP contribution in [0.15, 0.2) is 12.4 Å². The quantitative estimate of drug-likeness (QED) is 0.877. The summed E-state index contributed by atoms with van der Waals surface area (Å²) in [6.45, 7) is 9.20.